The largest absolute Gasteiger partial charge is 0.486 e. The molecule has 1 aliphatic rings. The Bertz CT molecular complexity index is 577. The lowest BCUT2D eigenvalue weighted by Gasteiger charge is -2.20. The second-order valence-corrected chi connectivity index (χ2v) is 7.09. The average molecular weight is 365 g/mol. The summed E-state index contributed by atoms with van der Waals surface area (Å²) in [5, 5.41) is 8.10. The molecule has 0 unspecified atom stereocenters. The van der Waals surface area contributed by atoms with Crippen LogP contribution >= 0.6 is 15.9 Å². The third-order valence-electron chi connectivity index (χ3n) is 2.77. The van der Waals surface area contributed by atoms with E-state index in [2.05, 4.69) is 21.2 Å². The summed E-state index contributed by atoms with van der Waals surface area (Å²) in [5.74, 6) is 1.45. The Morgan fingerprint density at radius 3 is 2.80 bits per heavy atom. The molecular formula is C12H17BrN2O4S. The Labute approximate surface area is 126 Å². The average Bonchev–Trinajstić information content (AvgIpc) is 2.37. The van der Waals surface area contributed by atoms with E-state index in [4.69, 9.17) is 14.6 Å². The van der Waals surface area contributed by atoms with E-state index in [9.17, 15) is 8.42 Å². The highest BCUT2D eigenvalue weighted by molar-refractivity contribution is 9.10. The van der Waals surface area contributed by atoms with Crippen molar-refractivity contribution >= 4 is 26.0 Å². The minimum atomic E-state index is -3.37. The van der Waals surface area contributed by atoms with Crippen molar-refractivity contribution in [2.24, 2.45) is 5.14 Å². The van der Waals surface area contributed by atoms with Crippen LogP contribution in [-0.2, 0) is 16.6 Å². The number of sulfonamides is 1. The molecule has 6 nitrogen and oxygen atoms in total. The predicted molar refractivity (Wildman–Crippen MR) is 79.4 cm³/mol. The van der Waals surface area contributed by atoms with Gasteiger partial charge in [0.25, 0.3) is 0 Å². The molecule has 0 saturated heterocycles. The molecule has 0 spiro atoms. The van der Waals surface area contributed by atoms with Crippen LogP contribution in [-0.4, -0.2) is 33.9 Å². The molecule has 0 aromatic heterocycles. The molecule has 2 rings (SSSR count). The topological polar surface area (TPSA) is 90.7 Å². The maximum Gasteiger partial charge on any atom is 0.209 e. The zero-order valence-corrected chi connectivity index (χ0v) is 13.3. The first-order chi connectivity index (χ1) is 9.46. The number of hydrogen-bond acceptors (Lipinski definition) is 5. The summed E-state index contributed by atoms with van der Waals surface area (Å²) in [6, 6.07) is 3.88. The summed E-state index contributed by atoms with van der Waals surface area (Å²) in [4.78, 5) is 0. The quantitative estimate of drug-likeness (QED) is 0.734. The molecule has 1 aliphatic heterocycles. The van der Waals surface area contributed by atoms with Crippen molar-refractivity contribution < 1.29 is 17.9 Å². The molecule has 0 amide bonds. The highest BCUT2D eigenvalue weighted by atomic mass is 79.9. The lowest BCUT2D eigenvalue weighted by molar-refractivity contribution is 0.170. The van der Waals surface area contributed by atoms with Gasteiger partial charge in [-0.15, -0.1) is 0 Å². The van der Waals surface area contributed by atoms with Crippen LogP contribution in [0.15, 0.2) is 16.6 Å². The number of primary sulfonamides is 1. The van der Waals surface area contributed by atoms with Crippen LogP contribution in [0.5, 0.6) is 11.5 Å². The first-order valence-electron chi connectivity index (χ1n) is 6.25. The molecule has 20 heavy (non-hydrogen) atoms. The third-order valence-corrected chi connectivity index (χ3v) is 4.21. The molecule has 0 saturated carbocycles. The van der Waals surface area contributed by atoms with Crippen molar-refractivity contribution in [3.05, 3.63) is 22.2 Å². The number of hydrogen-bond donors (Lipinski definition) is 2. The monoisotopic (exact) mass is 364 g/mol. The van der Waals surface area contributed by atoms with Crippen LogP contribution in [0, 0.1) is 0 Å². The fraction of sp³-hybridized carbons (Fsp3) is 0.500. The Balaban J connectivity index is 1.86. The maximum absolute atomic E-state index is 10.8. The van der Waals surface area contributed by atoms with Crippen LogP contribution in [0.2, 0.25) is 0 Å². The van der Waals surface area contributed by atoms with Gasteiger partial charge in [-0.3, -0.25) is 0 Å². The molecule has 8 heteroatoms. The number of fused-ring (bicyclic) bond motifs is 1. The minimum absolute atomic E-state index is 0.00909. The van der Waals surface area contributed by atoms with Crippen molar-refractivity contribution in [3.63, 3.8) is 0 Å². The summed E-state index contributed by atoms with van der Waals surface area (Å²) in [6.45, 7) is 2.31. The standard InChI is InChI=1S/C12H17BrN2O4S/c13-10-6-9(7-11-12(10)19-4-3-18-11)8-15-2-1-5-20(14,16)17/h6-7,15H,1-5,8H2,(H2,14,16,17). The van der Waals surface area contributed by atoms with Gasteiger partial charge in [-0.25, -0.2) is 13.6 Å². The second-order valence-electron chi connectivity index (χ2n) is 4.50. The van der Waals surface area contributed by atoms with E-state index < -0.39 is 10.0 Å². The number of rotatable bonds is 6. The first-order valence-corrected chi connectivity index (χ1v) is 8.76. The lowest BCUT2D eigenvalue weighted by Crippen LogP contribution is -2.22. The van der Waals surface area contributed by atoms with E-state index in [1.54, 1.807) is 0 Å². The Hall–Kier alpha value is -0.830. The van der Waals surface area contributed by atoms with E-state index in [0.717, 1.165) is 21.5 Å². The summed E-state index contributed by atoms with van der Waals surface area (Å²) in [5.41, 5.74) is 1.04. The fourth-order valence-corrected chi connectivity index (χ4v) is 3.05. The van der Waals surface area contributed by atoms with Crippen molar-refractivity contribution in [2.45, 2.75) is 13.0 Å². The van der Waals surface area contributed by atoms with Gasteiger partial charge in [-0.05, 0) is 46.6 Å². The van der Waals surface area contributed by atoms with E-state index >= 15 is 0 Å². The number of nitrogens with two attached hydrogens (primary N) is 1. The van der Waals surface area contributed by atoms with Crippen LogP contribution in [0.1, 0.15) is 12.0 Å². The van der Waals surface area contributed by atoms with Gasteiger partial charge in [0.15, 0.2) is 11.5 Å². The minimum Gasteiger partial charge on any atom is -0.486 e. The molecule has 1 aromatic rings. The van der Waals surface area contributed by atoms with Crippen molar-refractivity contribution in [1.82, 2.24) is 5.32 Å². The van der Waals surface area contributed by atoms with Gasteiger partial charge in [-0.1, -0.05) is 0 Å². The Morgan fingerprint density at radius 1 is 1.30 bits per heavy atom. The molecule has 1 aromatic carbocycles. The first kappa shape index (κ1) is 15.6. The molecular weight excluding hydrogens is 348 g/mol. The molecule has 0 aliphatic carbocycles. The lowest BCUT2D eigenvalue weighted by atomic mass is 10.2. The van der Waals surface area contributed by atoms with E-state index in [1.807, 2.05) is 12.1 Å². The van der Waals surface area contributed by atoms with Gasteiger partial charge in [0.1, 0.15) is 13.2 Å². The van der Waals surface area contributed by atoms with Crippen molar-refractivity contribution in [3.8, 4) is 11.5 Å². The molecule has 3 N–H and O–H groups in total. The normalized spacial score (nSPS) is 14.3. The molecule has 0 fully saturated rings. The summed E-state index contributed by atoms with van der Waals surface area (Å²) in [7, 11) is -3.37. The number of halogens is 1. The molecule has 0 radical (unpaired) electrons. The van der Waals surface area contributed by atoms with Gasteiger partial charge in [0.05, 0.1) is 10.2 Å². The van der Waals surface area contributed by atoms with E-state index in [0.29, 0.717) is 32.7 Å². The van der Waals surface area contributed by atoms with E-state index in [-0.39, 0.29) is 5.75 Å². The fourth-order valence-electron chi connectivity index (χ4n) is 1.90. The number of nitrogens with one attached hydrogen (secondary N) is 1. The maximum atomic E-state index is 10.8. The van der Waals surface area contributed by atoms with Crippen molar-refractivity contribution in [2.75, 3.05) is 25.5 Å². The summed E-state index contributed by atoms with van der Waals surface area (Å²) in [6.07, 6.45) is 0.491. The van der Waals surface area contributed by atoms with Gasteiger partial charge < -0.3 is 14.8 Å². The summed E-state index contributed by atoms with van der Waals surface area (Å²) < 4.78 is 33.5. The highest BCUT2D eigenvalue weighted by Gasteiger charge is 2.16. The van der Waals surface area contributed by atoms with Crippen LogP contribution in [0.25, 0.3) is 0 Å². The SMILES string of the molecule is NS(=O)(=O)CCCNCc1cc(Br)c2c(c1)OCCO2. The Morgan fingerprint density at radius 2 is 2.05 bits per heavy atom. The van der Waals surface area contributed by atoms with Gasteiger partial charge in [0, 0.05) is 6.54 Å². The number of benzene rings is 1. The smallest absolute Gasteiger partial charge is 0.209 e. The van der Waals surface area contributed by atoms with Crippen LogP contribution < -0.4 is 19.9 Å². The van der Waals surface area contributed by atoms with E-state index in [1.165, 1.54) is 0 Å². The van der Waals surface area contributed by atoms with Gasteiger partial charge in [0.2, 0.25) is 10.0 Å². The zero-order valence-electron chi connectivity index (χ0n) is 10.9. The van der Waals surface area contributed by atoms with Crippen molar-refractivity contribution in [1.29, 1.82) is 0 Å². The zero-order chi connectivity index (χ0) is 14.6. The molecule has 0 bridgehead atoms. The molecule has 1 heterocycles. The van der Waals surface area contributed by atoms with Gasteiger partial charge in [-0.2, -0.15) is 0 Å². The van der Waals surface area contributed by atoms with Crippen LogP contribution in [0.3, 0.4) is 0 Å². The second kappa shape index (κ2) is 6.75. The third kappa shape index (κ3) is 4.62. The van der Waals surface area contributed by atoms with Crippen LogP contribution in [0.4, 0.5) is 0 Å². The molecule has 0 atom stereocenters. The molecule has 112 valence electrons. The Kier molecular flexibility index (Phi) is 5.25. The summed E-state index contributed by atoms with van der Waals surface area (Å²) >= 11 is 3.45. The van der Waals surface area contributed by atoms with Gasteiger partial charge >= 0.3 is 0 Å². The highest BCUT2D eigenvalue weighted by Crippen LogP contribution is 2.38. The predicted octanol–water partition coefficient (Wildman–Crippen LogP) is 0.989. The number of ether oxygens (including phenoxy) is 2.